The zero-order valence-corrected chi connectivity index (χ0v) is 11.3. The van der Waals surface area contributed by atoms with Gasteiger partial charge in [0, 0.05) is 24.6 Å². The molecule has 2 heteroatoms. The van der Waals surface area contributed by atoms with Gasteiger partial charge in [-0.15, -0.1) is 0 Å². The van der Waals surface area contributed by atoms with Gasteiger partial charge >= 0.3 is 0 Å². The van der Waals surface area contributed by atoms with Crippen LogP contribution in [0.15, 0.2) is 0 Å². The molecule has 0 radical (unpaired) electrons. The highest BCUT2D eigenvalue weighted by atomic mass is 16.3. The molecule has 0 heterocycles. The topological polar surface area (TPSA) is 32.3 Å². The molecule has 2 nitrogen and oxygen atoms in total. The van der Waals surface area contributed by atoms with E-state index in [1.807, 2.05) is 0 Å². The van der Waals surface area contributed by atoms with Crippen LogP contribution in [0, 0.1) is 11.3 Å². The molecular weight excluding hydrogens is 198 g/mol. The maximum Gasteiger partial charge on any atom is 0.0494 e. The molecule has 0 aromatic rings. The van der Waals surface area contributed by atoms with Crippen LogP contribution in [0.2, 0.25) is 0 Å². The number of aliphatic hydroxyl groups is 1. The van der Waals surface area contributed by atoms with Crippen molar-refractivity contribution in [3.05, 3.63) is 0 Å². The summed E-state index contributed by atoms with van der Waals surface area (Å²) in [7, 11) is 0. The van der Waals surface area contributed by atoms with E-state index in [4.69, 9.17) is 0 Å². The fraction of sp³-hybridized carbons (Fsp3) is 1.00. The Hall–Kier alpha value is -0.0800. The maximum atomic E-state index is 9.20. The van der Waals surface area contributed by atoms with Crippen molar-refractivity contribution in [2.45, 2.75) is 65.3 Å². The minimum absolute atomic E-state index is 0.0280. The summed E-state index contributed by atoms with van der Waals surface area (Å²) < 4.78 is 0. The Kier molecular flexibility index (Phi) is 5.77. The van der Waals surface area contributed by atoms with E-state index >= 15 is 0 Å². The van der Waals surface area contributed by atoms with Gasteiger partial charge in [-0.05, 0) is 31.6 Å². The van der Waals surface area contributed by atoms with E-state index < -0.39 is 0 Å². The Morgan fingerprint density at radius 3 is 2.31 bits per heavy atom. The molecule has 1 aliphatic carbocycles. The van der Waals surface area contributed by atoms with Gasteiger partial charge in [-0.3, -0.25) is 0 Å². The largest absolute Gasteiger partial charge is 0.396 e. The van der Waals surface area contributed by atoms with Crippen molar-refractivity contribution < 1.29 is 5.11 Å². The lowest BCUT2D eigenvalue weighted by Gasteiger charge is -2.32. The molecule has 0 amide bonds. The van der Waals surface area contributed by atoms with Gasteiger partial charge in [0.05, 0.1) is 0 Å². The standard InChI is InChI=1S/C14H29NO/c1-4-5-12-6-8-13(9-7-12)15-10-14(2,3)11-16/h12-13,15-16H,4-11H2,1-3H3. The van der Waals surface area contributed by atoms with Crippen LogP contribution in [0.4, 0.5) is 0 Å². The second-order valence-electron chi connectivity index (χ2n) is 6.21. The molecule has 0 unspecified atom stereocenters. The molecule has 0 aliphatic heterocycles. The van der Waals surface area contributed by atoms with E-state index in [0.717, 1.165) is 12.5 Å². The zero-order valence-electron chi connectivity index (χ0n) is 11.3. The van der Waals surface area contributed by atoms with Gasteiger partial charge in [-0.1, -0.05) is 33.6 Å². The van der Waals surface area contributed by atoms with Gasteiger partial charge in [-0.2, -0.15) is 0 Å². The molecule has 2 N–H and O–H groups in total. The molecule has 1 fully saturated rings. The van der Waals surface area contributed by atoms with Gasteiger partial charge in [0.1, 0.15) is 0 Å². The van der Waals surface area contributed by atoms with Crippen molar-refractivity contribution in [1.29, 1.82) is 0 Å². The van der Waals surface area contributed by atoms with E-state index in [9.17, 15) is 5.11 Å². The zero-order chi connectivity index (χ0) is 12.0. The molecular formula is C14H29NO. The minimum atomic E-state index is 0.0280. The molecule has 0 aromatic heterocycles. The summed E-state index contributed by atoms with van der Waals surface area (Å²) in [4.78, 5) is 0. The third-order valence-electron chi connectivity index (χ3n) is 3.84. The van der Waals surface area contributed by atoms with Crippen LogP contribution in [0.5, 0.6) is 0 Å². The van der Waals surface area contributed by atoms with Gasteiger partial charge in [-0.25, -0.2) is 0 Å². The molecule has 0 aromatic carbocycles. The van der Waals surface area contributed by atoms with Crippen molar-refractivity contribution in [2.24, 2.45) is 11.3 Å². The van der Waals surface area contributed by atoms with E-state index in [0.29, 0.717) is 6.04 Å². The van der Waals surface area contributed by atoms with Gasteiger partial charge < -0.3 is 10.4 Å². The average molecular weight is 227 g/mol. The quantitative estimate of drug-likeness (QED) is 0.731. The summed E-state index contributed by atoms with van der Waals surface area (Å²) in [5.74, 6) is 0.980. The molecule has 1 rings (SSSR count). The molecule has 0 atom stereocenters. The Morgan fingerprint density at radius 2 is 1.81 bits per heavy atom. The Morgan fingerprint density at radius 1 is 1.19 bits per heavy atom. The smallest absolute Gasteiger partial charge is 0.0494 e. The van der Waals surface area contributed by atoms with Gasteiger partial charge in [0.25, 0.3) is 0 Å². The first-order valence-electron chi connectivity index (χ1n) is 6.91. The third-order valence-corrected chi connectivity index (χ3v) is 3.84. The number of nitrogens with one attached hydrogen (secondary N) is 1. The van der Waals surface area contributed by atoms with Crippen LogP contribution >= 0.6 is 0 Å². The lowest BCUT2D eigenvalue weighted by molar-refractivity contribution is 0.147. The molecule has 1 aliphatic rings. The average Bonchev–Trinajstić information content (AvgIpc) is 2.29. The van der Waals surface area contributed by atoms with Crippen LogP contribution < -0.4 is 5.32 Å². The number of hydrogen-bond acceptors (Lipinski definition) is 2. The summed E-state index contributed by atoms with van der Waals surface area (Å²) >= 11 is 0. The monoisotopic (exact) mass is 227 g/mol. The van der Waals surface area contributed by atoms with E-state index in [-0.39, 0.29) is 12.0 Å². The molecule has 0 bridgehead atoms. The first-order valence-corrected chi connectivity index (χ1v) is 6.91. The molecule has 96 valence electrons. The number of hydrogen-bond donors (Lipinski definition) is 2. The molecule has 0 spiro atoms. The van der Waals surface area contributed by atoms with E-state index in [2.05, 4.69) is 26.1 Å². The molecule has 0 saturated heterocycles. The van der Waals surface area contributed by atoms with Crippen LogP contribution in [0.1, 0.15) is 59.3 Å². The van der Waals surface area contributed by atoms with E-state index in [1.54, 1.807) is 0 Å². The van der Waals surface area contributed by atoms with E-state index in [1.165, 1.54) is 38.5 Å². The first-order chi connectivity index (χ1) is 7.57. The van der Waals surface area contributed by atoms with Crippen LogP contribution in [-0.2, 0) is 0 Å². The van der Waals surface area contributed by atoms with Crippen molar-refractivity contribution in [3.8, 4) is 0 Å². The van der Waals surface area contributed by atoms with Gasteiger partial charge in [0.15, 0.2) is 0 Å². The molecule has 1 saturated carbocycles. The summed E-state index contributed by atoms with van der Waals surface area (Å²) in [6, 6.07) is 0.693. The fourth-order valence-corrected chi connectivity index (χ4v) is 2.54. The fourth-order valence-electron chi connectivity index (χ4n) is 2.54. The van der Waals surface area contributed by atoms with Gasteiger partial charge in [0.2, 0.25) is 0 Å². The summed E-state index contributed by atoms with van der Waals surface area (Å²) in [6.45, 7) is 7.72. The lowest BCUT2D eigenvalue weighted by atomic mass is 9.83. The minimum Gasteiger partial charge on any atom is -0.396 e. The van der Waals surface area contributed by atoms with Crippen molar-refractivity contribution >= 4 is 0 Å². The highest BCUT2D eigenvalue weighted by molar-refractivity contribution is 4.80. The first kappa shape index (κ1) is 14.0. The predicted octanol–water partition coefficient (Wildman–Crippen LogP) is 2.95. The molecule has 16 heavy (non-hydrogen) atoms. The van der Waals surface area contributed by atoms with Crippen LogP contribution in [0.3, 0.4) is 0 Å². The highest BCUT2D eigenvalue weighted by Gasteiger charge is 2.23. The van der Waals surface area contributed by atoms with Crippen molar-refractivity contribution in [3.63, 3.8) is 0 Å². The van der Waals surface area contributed by atoms with Crippen molar-refractivity contribution in [2.75, 3.05) is 13.2 Å². The Balaban J connectivity index is 2.17. The summed E-state index contributed by atoms with van der Waals surface area (Å²) in [5, 5.41) is 12.8. The normalized spacial score (nSPS) is 27.0. The summed E-state index contributed by atoms with van der Waals surface area (Å²) in [5.41, 5.74) is 0.0280. The van der Waals surface area contributed by atoms with Crippen LogP contribution in [0.25, 0.3) is 0 Å². The second kappa shape index (κ2) is 6.61. The number of aliphatic hydroxyl groups excluding tert-OH is 1. The predicted molar refractivity (Wildman–Crippen MR) is 69.5 cm³/mol. The SMILES string of the molecule is CCCC1CCC(NCC(C)(C)CO)CC1. The Labute approximate surface area is 101 Å². The van der Waals surface area contributed by atoms with Crippen LogP contribution in [-0.4, -0.2) is 24.3 Å². The lowest BCUT2D eigenvalue weighted by Crippen LogP contribution is -2.40. The maximum absolute atomic E-state index is 9.20. The Bertz CT molecular complexity index is 183. The number of rotatable bonds is 6. The summed E-state index contributed by atoms with van der Waals surface area (Å²) in [6.07, 6.45) is 8.18. The third kappa shape index (κ3) is 4.84. The highest BCUT2D eigenvalue weighted by Crippen LogP contribution is 2.28. The van der Waals surface area contributed by atoms with Crippen molar-refractivity contribution in [1.82, 2.24) is 5.32 Å². The second-order valence-corrected chi connectivity index (χ2v) is 6.21.